The second-order valence-electron chi connectivity index (χ2n) is 7.36. The van der Waals surface area contributed by atoms with Crippen LogP contribution < -0.4 is 10.2 Å². The first-order chi connectivity index (χ1) is 12.2. The van der Waals surface area contributed by atoms with Gasteiger partial charge in [-0.3, -0.25) is 9.69 Å². The fraction of sp³-hybridized carbons (Fsp3) is 0.650. The third kappa shape index (κ3) is 6.53. The molecule has 7 heteroatoms. The van der Waals surface area contributed by atoms with Gasteiger partial charge in [0.2, 0.25) is 5.91 Å². The van der Waals surface area contributed by atoms with Crippen molar-refractivity contribution in [2.75, 3.05) is 57.8 Å². The van der Waals surface area contributed by atoms with Gasteiger partial charge in [0, 0.05) is 64.0 Å². The topological polar surface area (TPSA) is 38.8 Å². The molecule has 0 radical (unpaired) electrons. The molecule has 0 aromatic heterocycles. The molecule has 0 saturated carbocycles. The molecule has 5 nitrogen and oxygen atoms in total. The lowest BCUT2D eigenvalue weighted by atomic mass is 10.2. The Bertz CT molecular complexity index is 579. The molecule has 0 bridgehead atoms. The first kappa shape index (κ1) is 24.0. The van der Waals surface area contributed by atoms with Gasteiger partial charge in [0.1, 0.15) is 0 Å². The maximum absolute atomic E-state index is 12.6. The number of likely N-dealkylation sites (tertiary alicyclic amines) is 1. The van der Waals surface area contributed by atoms with Gasteiger partial charge in [0.15, 0.2) is 0 Å². The van der Waals surface area contributed by atoms with Crippen LogP contribution in [0.4, 0.5) is 5.69 Å². The third-order valence-corrected chi connectivity index (χ3v) is 5.52. The van der Waals surface area contributed by atoms with Crippen LogP contribution in [-0.2, 0) is 4.79 Å². The van der Waals surface area contributed by atoms with Crippen molar-refractivity contribution < 1.29 is 4.79 Å². The van der Waals surface area contributed by atoms with Crippen LogP contribution in [0.2, 0.25) is 0 Å². The summed E-state index contributed by atoms with van der Waals surface area (Å²) in [4.78, 5) is 19.5. The van der Waals surface area contributed by atoms with E-state index in [-0.39, 0.29) is 24.8 Å². The van der Waals surface area contributed by atoms with E-state index in [1.165, 1.54) is 11.3 Å². The van der Waals surface area contributed by atoms with E-state index < -0.39 is 0 Å². The minimum Gasteiger partial charge on any atom is -0.369 e. The van der Waals surface area contributed by atoms with Gasteiger partial charge >= 0.3 is 0 Å². The predicted molar refractivity (Wildman–Crippen MR) is 118 cm³/mol. The van der Waals surface area contributed by atoms with Crippen molar-refractivity contribution >= 4 is 36.4 Å². The lowest BCUT2D eigenvalue weighted by Crippen LogP contribution is -2.48. The number of hydrogen-bond donors (Lipinski definition) is 1. The molecule has 1 aromatic rings. The van der Waals surface area contributed by atoms with Gasteiger partial charge in [-0.15, -0.1) is 24.8 Å². The Kier molecular flexibility index (Phi) is 10.5. The Balaban J connectivity index is 0.00000182. The maximum Gasteiger partial charge on any atom is 0.224 e. The van der Waals surface area contributed by atoms with E-state index in [4.69, 9.17) is 0 Å². The standard InChI is InChI=1S/C20H32N4O.2ClH/c1-17-5-3-6-18(15-17)23-13-11-22(12-14-23)10-8-20(25)24-9-4-7-19(24)16-21-2;;/h3,5-6,15,19,21H,4,7-14,16H2,1-2H3;2*1H. The molecule has 1 unspecified atom stereocenters. The summed E-state index contributed by atoms with van der Waals surface area (Å²) in [5.74, 6) is 0.332. The average molecular weight is 417 g/mol. The van der Waals surface area contributed by atoms with Gasteiger partial charge in [-0.1, -0.05) is 12.1 Å². The number of anilines is 1. The summed E-state index contributed by atoms with van der Waals surface area (Å²) in [6.07, 6.45) is 2.94. The van der Waals surface area contributed by atoms with Gasteiger partial charge in [-0.05, 0) is 44.5 Å². The van der Waals surface area contributed by atoms with Crippen molar-refractivity contribution in [1.29, 1.82) is 0 Å². The van der Waals surface area contributed by atoms with Crippen LogP contribution in [-0.4, -0.2) is 74.6 Å². The Morgan fingerprint density at radius 3 is 2.56 bits per heavy atom. The molecule has 2 heterocycles. The Hall–Kier alpha value is -1.01. The number of halogens is 2. The quantitative estimate of drug-likeness (QED) is 0.772. The molecule has 27 heavy (non-hydrogen) atoms. The summed E-state index contributed by atoms with van der Waals surface area (Å²) < 4.78 is 0. The molecule has 154 valence electrons. The number of hydrogen-bond acceptors (Lipinski definition) is 4. The Morgan fingerprint density at radius 2 is 1.89 bits per heavy atom. The van der Waals surface area contributed by atoms with Gasteiger partial charge < -0.3 is 15.1 Å². The van der Waals surface area contributed by atoms with Crippen LogP contribution in [0, 0.1) is 6.92 Å². The summed E-state index contributed by atoms with van der Waals surface area (Å²) in [7, 11) is 1.97. The van der Waals surface area contributed by atoms with Crippen molar-refractivity contribution in [2.24, 2.45) is 0 Å². The van der Waals surface area contributed by atoms with E-state index in [2.05, 4.69) is 51.2 Å². The normalized spacial score (nSPS) is 20.1. The van der Waals surface area contributed by atoms with Crippen molar-refractivity contribution in [3.8, 4) is 0 Å². The molecule has 1 atom stereocenters. The van der Waals surface area contributed by atoms with Crippen LogP contribution in [0.3, 0.4) is 0 Å². The zero-order valence-electron chi connectivity index (χ0n) is 16.5. The first-order valence-electron chi connectivity index (χ1n) is 9.65. The minimum atomic E-state index is 0. The lowest BCUT2D eigenvalue weighted by molar-refractivity contribution is -0.132. The average Bonchev–Trinajstić information content (AvgIpc) is 3.09. The van der Waals surface area contributed by atoms with E-state index >= 15 is 0 Å². The highest BCUT2D eigenvalue weighted by molar-refractivity contribution is 5.85. The number of nitrogens with one attached hydrogen (secondary N) is 1. The van der Waals surface area contributed by atoms with Gasteiger partial charge in [0.05, 0.1) is 0 Å². The number of piperazine rings is 1. The molecule has 1 amide bonds. The van der Waals surface area contributed by atoms with Crippen LogP contribution in [0.25, 0.3) is 0 Å². The number of amides is 1. The smallest absolute Gasteiger partial charge is 0.224 e. The van der Waals surface area contributed by atoms with Crippen molar-refractivity contribution in [3.63, 3.8) is 0 Å². The third-order valence-electron chi connectivity index (χ3n) is 5.52. The van der Waals surface area contributed by atoms with E-state index in [1.54, 1.807) is 0 Å². The van der Waals surface area contributed by atoms with Crippen LogP contribution >= 0.6 is 24.8 Å². The Morgan fingerprint density at radius 1 is 1.15 bits per heavy atom. The molecule has 0 aliphatic carbocycles. The number of carbonyl (C=O) groups excluding carboxylic acids is 1. The second-order valence-corrected chi connectivity index (χ2v) is 7.36. The van der Waals surface area contributed by atoms with E-state index in [0.29, 0.717) is 18.4 Å². The number of carbonyl (C=O) groups is 1. The molecule has 1 N–H and O–H groups in total. The number of rotatable bonds is 6. The number of likely N-dealkylation sites (N-methyl/N-ethyl adjacent to an activating group) is 1. The second kappa shape index (κ2) is 11.7. The fourth-order valence-corrected chi connectivity index (χ4v) is 4.06. The van der Waals surface area contributed by atoms with E-state index in [0.717, 1.165) is 58.7 Å². The predicted octanol–water partition coefficient (Wildman–Crippen LogP) is 2.56. The molecule has 2 saturated heterocycles. The van der Waals surface area contributed by atoms with Crippen LogP contribution in [0.5, 0.6) is 0 Å². The molecule has 1 aromatic carbocycles. The van der Waals surface area contributed by atoms with Crippen molar-refractivity contribution in [3.05, 3.63) is 29.8 Å². The van der Waals surface area contributed by atoms with Crippen LogP contribution in [0.1, 0.15) is 24.8 Å². The molecule has 3 rings (SSSR count). The molecule has 2 aliphatic heterocycles. The van der Waals surface area contributed by atoms with Crippen molar-refractivity contribution in [1.82, 2.24) is 15.1 Å². The summed E-state index contributed by atoms with van der Waals surface area (Å²) in [5.41, 5.74) is 2.63. The van der Waals surface area contributed by atoms with E-state index in [9.17, 15) is 4.79 Å². The zero-order chi connectivity index (χ0) is 17.6. The van der Waals surface area contributed by atoms with Gasteiger partial charge in [0.25, 0.3) is 0 Å². The number of aryl methyl sites for hydroxylation is 1. The number of nitrogens with zero attached hydrogens (tertiary/aromatic N) is 3. The highest BCUT2D eigenvalue weighted by atomic mass is 35.5. The zero-order valence-corrected chi connectivity index (χ0v) is 18.2. The Labute approximate surface area is 176 Å². The van der Waals surface area contributed by atoms with Gasteiger partial charge in [-0.25, -0.2) is 0 Å². The maximum atomic E-state index is 12.6. The molecule has 0 spiro atoms. The lowest BCUT2D eigenvalue weighted by Gasteiger charge is -2.36. The molecular weight excluding hydrogens is 383 g/mol. The summed E-state index contributed by atoms with van der Waals surface area (Å²) in [6, 6.07) is 9.13. The minimum absolute atomic E-state index is 0. The fourth-order valence-electron chi connectivity index (χ4n) is 4.06. The largest absolute Gasteiger partial charge is 0.369 e. The van der Waals surface area contributed by atoms with Crippen molar-refractivity contribution in [2.45, 2.75) is 32.2 Å². The molecule has 2 aliphatic rings. The molecule has 2 fully saturated rings. The highest BCUT2D eigenvalue weighted by Crippen LogP contribution is 2.19. The monoisotopic (exact) mass is 416 g/mol. The highest BCUT2D eigenvalue weighted by Gasteiger charge is 2.28. The molecular formula is C20H34Cl2N4O. The van der Waals surface area contributed by atoms with Crippen LogP contribution in [0.15, 0.2) is 24.3 Å². The summed E-state index contributed by atoms with van der Waals surface area (Å²) in [5, 5.41) is 3.21. The summed E-state index contributed by atoms with van der Waals surface area (Å²) in [6.45, 7) is 9.07. The summed E-state index contributed by atoms with van der Waals surface area (Å²) >= 11 is 0. The van der Waals surface area contributed by atoms with Gasteiger partial charge in [-0.2, -0.15) is 0 Å². The SMILES string of the molecule is CNCC1CCCN1C(=O)CCN1CCN(c2cccc(C)c2)CC1.Cl.Cl. The first-order valence-corrected chi connectivity index (χ1v) is 9.65. The number of benzene rings is 1. The van der Waals surface area contributed by atoms with E-state index in [1.807, 2.05) is 7.05 Å².